The average molecular weight is 310 g/mol. The number of hydrogen-bond donors (Lipinski definition) is 1. The Bertz CT molecular complexity index is 573. The lowest BCUT2D eigenvalue weighted by Gasteiger charge is -2.35. The lowest BCUT2D eigenvalue weighted by atomic mass is 10.3. The second-order valence-corrected chi connectivity index (χ2v) is 8.00. The molecule has 1 aliphatic heterocycles. The number of sulfonamides is 1. The molecule has 2 fully saturated rings. The van der Waals surface area contributed by atoms with Gasteiger partial charge in [0.15, 0.2) is 0 Å². The average Bonchev–Trinajstić information content (AvgIpc) is 3.03. The minimum Gasteiger partial charge on any atom is -0.397 e. The highest BCUT2D eigenvalue weighted by Crippen LogP contribution is 2.28. The molecular weight excluding hydrogens is 288 g/mol. The van der Waals surface area contributed by atoms with Crippen molar-refractivity contribution in [2.75, 3.05) is 36.8 Å². The van der Waals surface area contributed by atoms with Crippen LogP contribution in [0, 0.1) is 0 Å². The Kier molecular flexibility index (Phi) is 4.03. The third-order valence-corrected chi connectivity index (χ3v) is 6.82. The van der Waals surface area contributed by atoms with Crippen molar-refractivity contribution in [3.63, 3.8) is 0 Å². The van der Waals surface area contributed by atoms with Gasteiger partial charge in [-0.2, -0.15) is 4.31 Å². The van der Waals surface area contributed by atoms with Crippen molar-refractivity contribution >= 4 is 21.5 Å². The van der Waals surface area contributed by atoms with E-state index >= 15 is 0 Å². The van der Waals surface area contributed by atoms with Crippen LogP contribution in [0.4, 0.5) is 11.5 Å². The Balaban J connectivity index is 1.63. The quantitative estimate of drug-likeness (QED) is 0.903. The Morgan fingerprint density at radius 3 is 2.33 bits per heavy atom. The number of nitrogen functional groups attached to an aromatic ring is 1. The molecule has 1 aromatic heterocycles. The summed E-state index contributed by atoms with van der Waals surface area (Å²) in [5.41, 5.74) is 6.28. The van der Waals surface area contributed by atoms with E-state index in [1.165, 1.54) is 0 Å². The molecule has 7 heteroatoms. The first-order valence-corrected chi connectivity index (χ1v) is 9.03. The van der Waals surface area contributed by atoms with Crippen molar-refractivity contribution in [2.24, 2.45) is 0 Å². The molecular formula is C14H22N4O2S. The van der Waals surface area contributed by atoms with Crippen molar-refractivity contribution in [3.05, 3.63) is 18.3 Å². The van der Waals surface area contributed by atoms with E-state index in [1.54, 1.807) is 10.5 Å². The van der Waals surface area contributed by atoms with Crippen LogP contribution in [0.2, 0.25) is 0 Å². The van der Waals surface area contributed by atoms with Gasteiger partial charge in [0.25, 0.3) is 0 Å². The zero-order chi connectivity index (χ0) is 14.9. The minimum atomic E-state index is -3.11. The van der Waals surface area contributed by atoms with E-state index in [-0.39, 0.29) is 5.25 Å². The smallest absolute Gasteiger partial charge is 0.217 e. The first-order chi connectivity index (χ1) is 10.1. The number of hydrogen-bond acceptors (Lipinski definition) is 5. The monoisotopic (exact) mass is 310 g/mol. The molecule has 0 spiro atoms. The van der Waals surface area contributed by atoms with Gasteiger partial charge >= 0.3 is 0 Å². The fraction of sp³-hybridized carbons (Fsp3) is 0.643. The Hall–Kier alpha value is -1.34. The van der Waals surface area contributed by atoms with Crippen LogP contribution >= 0.6 is 0 Å². The molecule has 3 rings (SSSR count). The van der Waals surface area contributed by atoms with Crippen molar-refractivity contribution in [3.8, 4) is 0 Å². The van der Waals surface area contributed by atoms with Crippen LogP contribution in [-0.4, -0.2) is 49.1 Å². The Morgan fingerprint density at radius 2 is 1.76 bits per heavy atom. The van der Waals surface area contributed by atoms with Crippen molar-refractivity contribution in [1.82, 2.24) is 9.29 Å². The molecule has 6 nitrogen and oxygen atoms in total. The maximum Gasteiger partial charge on any atom is 0.217 e. The lowest BCUT2D eigenvalue weighted by Crippen LogP contribution is -2.51. The van der Waals surface area contributed by atoms with Crippen molar-refractivity contribution in [1.29, 1.82) is 0 Å². The molecule has 21 heavy (non-hydrogen) atoms. The van der Waals surface area contributed by atoms with E-state index in [9.17, 15) is 8.42 Å². The highest BCUT2D eigenvalue weighted by atomic mass is 32.2. The summed E-state index contributed by atoms with van der Waals surface area (Å²) in [5.74, 6) is 0.863. The maximum absolute atomic E-state index is 12.6. The first kappa shape index (κ1) is 14.6. The topological polar surface area (TPSA) is 79.5 Å². The molecule has 1 saturated heterocycles. The highest BCUT2D eigenvalue weighted by Gasteiger charge is 2.35. The Morgan fingerprint density at radius 1 is 1.10 bits per heavy atom. The summed E-state index contributed by atoms with van der Waals surface area (Å²) >= 11 is 0. The zero-order valence-corrected chi connectivity index (χ0v) is 12.9. The second kappa shape index (κ2) is 5.81. The predicted molar refractivity (Wildman–Crippen MR) is 83.6 cm³/mol. The van der Waals surface area contributed by atoms with Crippen LogP contribution in [0.25, 0.3) is 0 Å². The highest BCUT2D eigenvalue weighted by molar-refractivity contribution is 7.89. The van der Waals surface area contributed by atoms with Crippen LogP contribution in [0.3, 0.4) is 0 Å². The third-order valence-electron chi connectivity index (χ3n) is 4.42. The van der Waals surface area contributed by atoms with Gasteiger partial charge in [0.05, 0.1) is 17.1 Å². The molecule has 2 heterocycles. The van der Waals surface area contributed by atoms with Crippen LogP contribution < -0.4 is 10.6 Å². The van der Waals surface area contributed by atoms with E-state index in [4.69, 9.17) is 5.73 Å². The predicted octanol–water partition coefficient (Wildman–Crippen LogP) is 1.06. The molecule has 116 valence electrons. The van der Waals surface area contributed by atoms with E-state index in [1.807, 2.05) is 12.1 Å². The summed E-state index contributed by atoms with van der Waals surface area (Å²) < 4.78 is 26.8. The number of aromatic nitrogens is 1. The molecule has 2 N–H and O–H groups in total. The van der Waals surface area contributed by atoms with Gasteiger partial charge in [0.1, 0.15) is 5.82 Å². The number of piperazine rings is 1. The van der Waals surface area contributed by atoms with E-state index in [0.29, 0.717) is 31.9 Å². The minimum absolute atomic E-state index is 0.154. The molecule has 0 bridgehead atoms. The van der Waals surface area contributed by atoms with Gasteiger partial charge in [-0.25, -0.2) is 13.4 Å². The SMILES string of the molecule is Nc1ccc(N2CCN(S(=O)(=O)C3CCCC3)CC2)nc1. The molecule has 2 aliphatic rings. The number of anilines is 2. The summed E-state index contributed by atoms with van der Waals surface area (Å²) in [7, 11) is -3.11. The molecule has 0 radical (unpaired) electrons. The van der Waals surface area contributed by atoms with Gasteiger partial charge < -0.3 is 10.6 Å². The molecule has 1 aromatic rings. The number of rotatable bonds is 3. The molecule has 0 amide bonds. The largest absolute Gasteiger partial charge is 0.397 e. The number of nitrogens with zero attached hydrogens (tertiary/aromatic N) is 3. The van der Waals surface area contributed by atoms with Gasteiger partial charge in [-0.3, -0.25) is 0 Å². The molecule has 0 aromatic carbocycles. The number of nitrogens with two attached hydrogens (primary N) is 1. The fourth-order valence-electron chi connectivity index (χ4n) is 3.15. The van der Waals surface area contributed by atoms with Crippen molar-refractivity contribution in [2.45, 2.75) is 30.9 Å². The maximum atomic E-state index is 12.6. The standard InChI is InChI=1S/C14H22N4O2S/c15-12-5-6-14(16-11-12)17-7-9-18(10-8-17)21(19,20)13-3-1-2-4-13/h5-6,11,13H,1-4,7-10,15H2. The van der Waals surface area contributed by atoms with Crippen LogP contribution in [-0.2, 0) is 10.0 Å². The second-order valence-electron chi connectivity index (χ2n) is 5.79. The summed E-state index contributed by atoms with van der Waals surface area (Å²) in [6.45, 7) is 2.46. The van der Waals surface area contributed by atoms with Gasteiger partial charge in [0, 0.05) is 26.2 Å². The molecule has 1 saturated carbocycles. The Labute approximate surface area is 126 Å². The lowest BCUT2D eigenvalue weighted by molar-refractivity contribution is 0.377. The van der Waals surface area contributed by atoms with E-state index < -0.39 is 10.0 Å². The van der Waals surface area contributed by atoms with Gasteiger partial charge in [-0.05, 0) is 25.0 Å². The fourth-order valence-corrected chi connectivity index (χ4v) is 5.18. The van der Waals surface area contributed by atoms with Gasteiger partial charge in [-0.15, -0.1) is 0 Å². The summed E-state index contributed by atoms with van der Waals surface area (Å²) in [4.78, 5) is 6.41. The first-order valence-electron chi connectivity index (χ1n) is 7.53. The molecule has 1 aliphatic carbocycles. The zero-order valence-electron chi connectivity index (χ0n) is 12.1. The summed E-state index contributed by atoms with van der Waals surface area (Å²) in [6, 6.07) is 3.71. The van der Waals surface area contributed by atoms with Crippen LogP contribution in [0.1, 0.15) is 25.7 Å². The van der Waals surface area contributed by atoms with Crippen LogP contribution in [0.5, 0.6) is 0 Å². The van der Waals surface area contributed by atoms with E-state index in [0.717, 1.165) is 31.5 Å². The van der Waals surface area contributed by atoms with Gasteiger partial charge in [-0.1, -0.05) is 12.8 Å². The number of pyridine rings is 1. The van der Waals surface area contributed by atoms with Crippen LogP contribution in [0.15, 0.2) is 18.3 Å². The molecule has 0 atom stereocenters. The van der Waals surface area contributed by atoms with E-state index in [2.05, 4.69) is 9.88 Å². The molecule has 0 unspecified atom stereocenters. The third kappa shape index (κ3) is 2.98. The summed E-state index contributed by atoms with van der Waals surface area (Å²) in [6.07, 6.45) is 5.36. The van der Waals surface area contributed by atoms with Gasteiger partial charge in [0.2, 0.25) is 10.0 Å². The van der Waals surface area contributed by atoms with Crippen molar-refractivity contribution < 1.29 is 8.42 Å². The normalized spacial score (nSPS) is 21.8. The summed E-state index contributed by atoms with van der Waals surface area (Å²) in [5, 5.41) is -0.154.